The molecule has 1 unspecified atom stereocenters. The number of rotatable bonds is 3. The fraction of sp³-hybridized carbons (Fsp3) is 0.444. The number of alkyl halides is 1. The monoisotopic (exact) mass is 269 g/mol. The lowest BCUT2D eigenvalue weighted by atomic mass is 10.1. The third-order valence-electron chi connectivity index (χ3n) is 2.18. The molecule has 3 N–H and O–H groups in total. The van der Waals surface area contributed by atoms with E-state index >= 15 is 0 Å². The Labute approximate surface area is 95.6 Å². The van der Waals surface area contributed by atoms with E-state index in [2.05, 4.69) is 43.0 Å². The Morgan fingerprint density at radius 1 is 1.53 bits per heavy atom. The maximum atomic E-state index is 5.61. The van der Waals surface area contributed by atoms with Crippen molar-refractivity contribution in [3.63, 3.8) is 0 Å². The predicted molar refractivity (Wildman–Crippen MR) is 62.8 cm³/mol. The van der Waals surface area contributed by atoms with E-state index in [1.54, 1.807) is 6.20 Å². The van der Waals surface area contributed by atoms with Crippen LogP contribution in [0.3, 0.4) is 0 Å². The smallest absolute Gasteiger partial charge is 0.222 e. The molecule has 0 aliphatic heterocycles. The van der Waals surface area contributed by atoms with Crippen molar-refractivity contribution < 1.29 is 0 Å². The normalized spacial score (nSPS) is 13.2. The molecular weight excluding hydrogens is 258 g/mol. The van der Waals surface area contributed by atoms with E-state index < -0.39 is 0 Å². The summed E-state index contributed by atoms with van der Waals surface area (Å²) >= 11 is 3.51. The molecule has 2 heterocycles. The van der Waals surface area contributed by atoms with Crippen molar-refractivity contribution in [1.29, 1.82) is 0 Å². The zero-order chi connectivity index (χ0) is 10.8. The van der Waals surface area contributed by atoms with Gasteiger partial charge in [-0.25, -0.2) is 4.98 Å². The molecule has 2 aromatic heterocycles. The Morgan fingerprint density at radius 2 is 2.33 bits per heavy atom. The van der Waals surface area contributed by atoms with Gasteiger partial charge < -0.3 is 5.73 Å². The summed E-state index contributed by atoms with van der Waals surface area (Å²) in [5.41, 5.74) is 7.27. The molecule has 5 nitrogen and oxygen atoms in total. The van der Waals surface area contributed by atoms with Gasteiger partial charge >= 0.3 is 0 Å². The molecular formula is C9H12BrN5. The van der Waals surface area contributed by atoms with E-state index in [0.29, 0.717) is 16.4 Å². The third kappa shape index (κ3) is 2.26. The number of fused-ring (bicyclic) bond motifs is 1. The molecule has 80 valence electrons. The van der Waals surface area contributed by atoms with Crippen molar-refractivity contribution in [2.24, 2.45) is 0 Å². The number of nitrogens with zero attached hydrogens (tertiary/aromatic N) is 3. The van der Waals surface area contributed by atoms with Crippen LogP contribution in [0.25, 0.3) is 11.0 Å². The highest BCUT2D eigenvalue weighted by atomic mass is 79.9. The summed E-state index contributed by atoms with van der Waals surface area (Å²) in [4.78, 5) is 8.76. The first-order valence-corrected chi connectivity index (χ1v) is 5.68. The number of anilines is 1. The first-order valence-electron chi connectivity index (χ1n) is 4.76. The number of nitrogens with two attached hydrogens (primary N) is 1. The van der Waals surface area contributed by atoms with Crippen LogP contribution in [0.4, 0.5) is 5.95 Å². The number of H-pyrrole nitrogens is 1. The van der Waals surface area contributed by atoms with Gasteiger partial charge in [0, 0.05) is 4.83 Å². The maximum Gasteiger partial charge on any atom is 0.222 e. The number of nitrogens with one attached hydrogen (secondary N) is 1. The van der Waals surface area contributed by atoms with Gasteiger partial charge in [0.1, 0.15) is 0 Å². The maximum absolute atomic E-state index is 5.61. The summed E-state index contributed by atoms with van der Waals surface area (Å²) in [7, 11) is 0. The first kappa shape index (κ1) is 10.4. The molecule has 2 aromatic rings. The molecule has 0 saturated heterocycles. The second-order valence-electron chi connectivity index (χ2n) is 3.48. The number of aryl methyl sites for hydroxylation is 1. The number of aromatic nitrogens is 4. The molecule has 15 heavy (non-hydrogen) atoms. The van der Waals surface area contributed by atoms with Gasteiger partial charge in [-0.05, 0) is 12.8 Å². The number of aromatic amines is 1. The standard InChI is InChI=1S/C9H12BrN5/c1-5(10)2-3-7-6-4-12-15-8(6)14-9(11)13-7/h4-5H,2-3H2,1H3,(H3,11,12,13,14,15). The summed E-state index contributed by atoms with van der Waals surface area (Å²) in [5, 5.41) is 7.69. The van der Waals surface area contributed by atoms with Crippen LogP contribution in [0.1, 0.15) is 19.0 Å². The zero-order valence-electron chi connectivity index (χ0n) is 8.37. The first-order chi connectivity index (χ1) is 7.16. The van der Waals surface area contributed by atoms with E-state index in [4.69, 9.17) is 5.73 Å². The minimum Gasteiger partial charge on any atom is -0.368 e. The molecule has 0 spiro atoms. The Morgan fingerprint density at radius 3 is 3.07 bits per heavy atom. The fourth-order valence-electron chi connectivity index (χ4n) is 1.44. The highest BCUT2D eigenvalue weighted by molar-refractivity contribution is 9.09. The van der Waals surface area contributed by atoms with Crippen molar-refractivity contribution >= 4 is 32.9 Å². The largest absolute Gasteiger partial charge is 0.368 e. The van der Waals surface area contributed by atoms with Crippen LogP contribution in [0.15, 0.2) is 6.20 Å². The van der Waals surface area contributed by atoms with Crippen LogP contribution in [0.5, 0.6) is 0 Å². The van der Waals surface area contributed by atoms with Gasteiger partial charge in [-0.1, -0.05) is 22.9 Å². The van der Waals surface area contributed by atoms with Crippen molar-refractivity contribution in [2.45, 2.75) is 24.6 Å². The average molecular weight is 270 g/mol. The van der Waals surface area contributed by atoms with Crippen LogP contribution < -0.4 is 5.73 Å². The number of nitrogen functional groups attached to an aromatic ring is 1. The minimum atomic E-state index is 0.295. The lowest BCUT2D eigenvalue weighted by Crippen LogP contribution is -2.02. The van der Waals surface area contributed by atoms with Crippen LogP contribution >= 0.6 is 15.9 Å². The summed E-state index contributed by atoms with van der Waals surface area (Å²) in [6.07, 6.45) is 3.62. The number of hydrogen-bond donors (Lipinski definition) is 2. The lowest BCUT2D eigenvalue weighted by Gasteiger charge is -2.04. The van der Waals surface area contributed by atoms with Crippen LogP contribution in [0.2, 0.25) is 0 Å². The van der Waals surface area contributed by atoms with Gasteiger partial charge in [0.2, 0.25) is 5.95 Å². The van der Waals surface area contributed by atoms with E-state index in [1.807, 2.05) is 0 Å². The molecule has 0 aliphatic carbocycles. The van der Waals surface area contributed by atoms with Crippen LogP contribution in [-0.4, -0.2) is 25.0 Å². The molecule has 0 fully saturated rings. The van der Waals surface area contributed by atoms with Crippen molar-refractivity contribution in [3.05, 3.63) is 11.9 Å². The van der Waals surface area contributed by atoms with Crippen LogP contribution in [0, 0.1) is 0 Å². The number of halogens is 1. The highest BCUT2D eigenvalue weighted by Crippen LogP contribution is 2.17. The second-order valence-corrected chi connectivity index (χ2v) is 5.04. The van der Waals surface area contributed by atoms with Crippen molar-refractivity contribution in [1.82, 2.24) is 20.2 Å². The van der Waals surface area contributed by atoms with E-state index in [-0.39, 0.29) is 0 Å². The molecule has 0 bridgehead atoms. The van der Waals surface area contributed by atoms with Gasteiger partial charge in [0.05, 0.1) is 17.3 Å². The van der Waals surface area contributed by atoms with Crippen molar-refractivity contribution in [2.75, 3.05) is 5.73 Å². The molecule has 6 heteroatoms. The summed E-state index contributed by atoms with van der Waals surface area (Å²) in [6, 6.07) is 0. The molecule has 0 saturated carbocycles. The lowest BCUT2D eigenvalue weighted by molar-refractivity contribution is 0.806. The summed E-state index contributed by atoms with van der Waals surface area (Å²) in [6.45, 7) is 2.11. The van der Waals surface area contributed by atoms with Crippen LogP contribution in [-0.2, 0) is 6.42 Å². The quantitative estimate of drug-likeness (QED) is 0.831. The number of hydrogen-bond acceptors (Lipinski definition) is 4. The molecule has 0 aliphatic rings. The Kier molecular flexibility index (Phi) is 2.86. The highest BCUT2D eigenvalue weighted by Gasteiger charge is 2.08. The zero-order valence-corrected chi connectivity index (χ0v) is 9.95. The Bertz CT molecular complexity index is 464. The van der Waals surface area contributed by atoms with Gasteiger partial charge in [-0.3, -0.25) is 5.10 Å². The van der Waals surface area contributed by atoms with E-state index in [1.165, 1.54) is 0 Å². The molecule has 2 rings (SSSR count). The SMILES string of the molecule is CC(Br)CCc1nc(N)nc2[nH]ncc12. The molecule has 0 aromatic carbocycles. The third-order valence-corrected chi connectivity index (χ3v) is 2.64. The van der Waals surface area contributed by atoms with Gasteiger partial charge in [0.25, 0.3) is 0 Å². The van der Waals surface area contributed by atoms with E-state index in [9.17, 15) is 0 Å². The minimum absolute atomic E-state index is 0.295. The molecule has 0 amide bonds. The van der Waals surface area contributed by atoms with Gasteiger partial charge in [-0.2, -0.15) is 10.1 Å². The Hall–Kier alpha value is -1.17. The van der Waals surface area contributed by atoms with Crippen molar-refractivity contribution in [3.8, 4) is 0 Å². The van der Waals surface area contributed by atoms with Gasteiger partial charge in [-0.15, -0.1) is 0 Å². The topological polar surface area (TPSA) is 80.5 Å². The predicted octanol–water partition coefficient (Wildman–Crippen LogP) is 1.65. The van der Waals surface area contributed by atoms with E-state index in [0.717, 1.165) is 23.9 Å². The summed E-state index contributed by atoms with van der Waals surface area (Å²) < 4.78 is 0. The summed E-state index contributed by atoms with van der Waals surface area (Å²) in [5.74, 6) is 0.295. The average Bonchev–Trinajstić information content (AvgIpc) is 2.61. The van der Waals surface area contributed by atoms with Gasteiger partial charge in [0.15, 0.2) is 5.65 Å². The molecule has 0 radical (unpaired) electrons. The second kappa shape index (κ2) is 4.14. The molecule has 1 atom stereocenters. The fourth-order valence-corrected chi connectivity index (χ4v) is 1.67. The Balaban J connectivity index is 2.35.